The van der Waals surface area contributed by atoms with E-state index >= 15 is 0 Å². The summed E-state index contributed by atoms with van der Waals surface area (Å²) in [4.78, 5) is 17.0. The first-order chi connectivity index (χ1) is 16.1. The fraction of sp³-hybridized carbons (Fsp3) is 0.208. The van der Waals surface area contributed by atoms with Crippen molar-refractivity contribution in [2.75, 3.05) is 31.9 Å². The van der Waals surface area contributed by atoms with Crippen LogP contribution < -0.4 is 19.5 Å². The minimum atomic E-state index is -0.151. The molecule has 0 radical (unpaired) electrons. The zero-order chi connectivity index (χ0) is 23.2. The number of carbonyl (C=O) groups is 1. The molecule has 0 spiro atoms. The number of nitrogens with one attached hydrogen (secondary N) is 1. The summed E-state index contributed by atoms with van der Waals surface area (Å²) in [5.41, 5.74) is 3.27. The van der Waals surface area contributed by atoms with E-state index in [2.05, 4.69) is 15.4 Å². The first-order valence-electron chi connectivity index (χ1n) is 10.3. The minimum absolute atomic E-state index is 0.151. The number of fused-ring (bicyclic) bond motifs is 1. The molecule has 9 heteroatoms. The second-order valence-electron chi connectivity index (χ2n) is 6.96. The lowest BCUT2D eigenvalue weighted by molar-refractivity contribution is -0.113. The molecule has 0 unspecified atom stereocenters. The summed E-state index contributed by atoms with van der Waals surface area (Å²) in [6, 6.07) is 15.0. The SMILES string of the molecule is CCOc1ccc(-c2cc3c(SCC(=O)Nc4ccc(OC)c(OC)c4)nccn3n2)cc1. The van der Waals surface area contributed by atoms with Gasteiger partial charge in [-0.3, -0.25) is 4.79 Å². The first kappa shape index (κ1) is 22.5. The van der Waals surface area contributed by atoms with Gasteiger partial charge < -0.3 is 19.5 Å². The number of methoxy groups -OCH3 is 2. The number of hydrogen-bond donors (Lipinski definition) is 1. The number of hydrogen-bond acceptors (Lipinski definition) is 7. The zero-order valence-electron chi connectivity index (χ0n) is 18.6. The molecule has 0 fully saturated rings. The van der Waals surface area contributed by atoms with E-state index in [-0.39, 0.29) is 11.7 Å². The van der Waals surface area contributed by atoms with Crippen molar-refractivity contribution in [3.8, 4) is 28.5 Å². The highest BCUT2D eigenvalue weighted by Crippen LogP contribution is 2.30. The van der Waals surface area contributed by atoms with Crippen LogP contribution in [0.15, 0.2) is 66.0 Å². The molecule has 1 N–H and O–H groups in total. The van der Waals surface area contributed by atoms with Crippen molar-refractivity contribution in [3.63, 3.8) is 0 Å². The Morgan fingerprint density at radius 2 is 1.85 bits per heavy atom. The largest absolute Gasteiger partial charge is 0.494 e. The lowest BCUT2D eigenvalue weighted by Crippen LogP contribution is -2.14. The molecule has 1 amide bonds. The lowest BCUT2D eigenvalue weighted by Gasteiger charge is -2.10. The van der Waals surface area contributed by atoms with E-state index in [1.54, 1.807) is 49.3 Å². The highest BCUT2D eigenvalue weighted by atomic mass is 32.2. The molecule has 0 atom stereocenters. The van der Waals surface area contributed by atoms with Crippen molar-refractivity contribution in [1.29, 1.82) is 0 Å². The molecule has 4 rings (SSSR count). The van der Waals surface area contributed by atoms with E-state index in [1.165, 1.54) is 11.8 Å². The maximum atomic E-state index is 12.5. The Kier molecular flexibility index (Phi) is 6.99. The Bertz CT molecular complexity index is 1260. The number of anilines is 1. The van der Waals surface area contributed by atoms with Crippen LogP contribution in [0.1, 0.15) is 6.92 Å². The number of benzene rings is 2. The third-order valence-corrected chi connectivity index (χ3v) is 5.82. The quantitative estimate of drug-likeness (QED) is 0.364. The summed E-state index contributed by atoms with van der Waals surface area (Å²) in [7, 11) is 3.12. The van der Waals surface area contributed by atoms with Gasteiger partial charge in [0.2, 0.25) is 5.91 Å². The van der Waals surface area contributed by atoms with Gasteiger partial charge in [-0.05, 0) is 49.4 Å². The molecule has 2 aromatic heterocycles. The Hall–Kier alpha value is -3.72. The van der Waals surface area contributed by atoms with Gasteiger partial charge in [-0.1, -0.05) is 11.8 Å². The minimum Gasteiger partial charge on any atom is -0.494 e. The van der Waals surface area contributed by atoms with Crippen molar-refractivity contribution in [1.82, 2.24) is 14.6 Å². The molecule has 4 aromatic rings. The van der Waals surface area contributed by atoms with Crippen LogP contribution in [0, 0.1) is 0 Å². The van der Waals surface area contributed by atoms with Crippen molar-refractivity contribution in [3.05, 3.63) is 60.9 Å². The van der Waals surface area contributed by atoms with Gasteiger partial charge in [0.1, 0.15) is 10.8 Å². The molecular weight excluding hydrogens is 440 g/mol. The third kappa shape index (κ3) is 5.20. The normalized spacial score (nSPS) is 10.8. The van der Waals surface area contributed by atoms with Gasteiger partial charge in [0.05, 0.1) is 37.8 Å². The molecular formula is C24H24N4O4S. The van der Waals surface area contributed by atoms with Gasteiger partial charge >= 0.3 is 0 Å². The van der Waals surface area contributed by atoms with Gasteiger partial charge in [-0.15, -0.1) is 0 Å². The summed E-state index contributed by atoms with van der Waals surface area (Å²) in [5, 5.41) is 8.25. The van der Waals surface area contributed by atoms with Crippen molar-refractivity contribution in [2.45, 2.75) is 11.9 Å². The highest BCUT2D eigenvalue weighted by Gasteiger charge is 2.13. The van der Waals surface area contributed by atoms with Crippen LogP contribution in [0.4, 0.5) is 5.69 Å². The number of ether oxygens (including phenoxy) is 3. The van der Waals surface area contributed by atoms with E-state index in [4.69, 9.17) is 14.2 Å². The van der Waals surface area contributed by atoms with Crippen LogP contribution in [0.5, 0.6) is 17.2 Å². The molecule has 8 nitrogen and oxygen atoms in total. The lowest BCUT2D eigenvalue weighted by atomic mass is 10.1. The second-order valence-corrected chi connectivity index (χ2v) is 7.92. The highest BCUT2D eigenvalue weighted by molar-refractivity contribution is 8.00. The van der Waals surface area contributed by atoms with Crippen molar-refractivity contribution >= 4 is 28.9 Å². The molecule has 0 aliphatic rings. The predicted molar refractivity (Wildman–Crippen MR) is 128 cm³/mol. The Morgan fingerprint density at radius 3 is 2.58 bits per heavy atom. The average Bonchev–Trinajstić information content (AvgIpc) is 3.28. The average molecular weight is 465 g/mol. The number of carbonyl (C=O) groups excluding carboxylic acids is 1. The summed E-state index contributed by atoms with van der Waals surface area (Å²) in [6.45, 7) is 2.58. The second kappa shape index (κ2) is 10.3. The van der Waals surface area contributed by atoms with Gasteiger partial charge in [-0.25, -0.2) is 9.50 Å². The number of amides is 1. The smallest absolute Gasteiger partial charge is 0.234 e. The number of thioether (sulfide) groups is 1. The molecule has 2 aromatic carbocycles. The monoisotopic (exact) mass is 464 g/mol. The Balaban J connectivity index is 1.46. The third-order valence-electron chi connectivity index (χ3n) is 4.82. The standard InChI is InChI=1S/C24H24N4O4S/c1-4-32-18-8-5-16(6-9-18)19-14-20-24(25-11-12-28(20)27-19)33-15-23(29)26-17-7-10-21(30-2)22(13-17)31-3/h5-14H,4,15H2,1-3H3,(H,26,29). The van der Waals surface area contributed by atoms with Gasteiger partial charge in [0.15, 0.2) is 11.5 Å². The molecule has 0 aliphatic carbocycles. The zero-order valence-corrected chi connectivity index (χ0v) is 19.4. The molecule has 0 bridgehead atoms. The topological polar surface area (TPSA) is 87.0 Å². The van der Waals surface area contributed by atoms with Gasteiger partial charge in [-0.2, -0.15) is 5.10 Å². The number of rotatable bonds is 9. The van der Waals surface area contributed by atoms with Gasteiger partial charge in [0, 0.05) is 29.7 Å². The Morgan fingerprint density at radius 1 is 1.06 bits per heavy atom. The van der Waals surface area contributed by atoms with E-state index in [1.807, 2.05) is 37.3 Å². The van der Waals surface area contributed by atoms with Crippen molar-refractivity contribution in [2.24, 2.45) is 0 Å². The van der Waals surface area contributed by atoms with Crippen LogP contribution in [0.3, 0.4) is 0 Å². The van der Waals surface area contributed by atoms with Crippen molar-refractivity contribution < 1.29 is 19.0 Å². The molecule has 170 valence electrons. The van der Waals surface area contributed by atoms with Crippen LogP contribution in [0.2, 0.25) is 0 Å². The molecule has 0 saturated heterocycles. The molecule has 33 heavy (non-hydrogen) atoms. The fourth-order valence-electron chi connectivity index (χ4n) is 3.28. The van der Waals surface area contributed by atoms with Crippen LogP contribution >= 0.6 is 11.8 Å². The Labute approximate surface area is 195 Å². The van der Waals surface area contributed by atoms with E-state index < -0.39 is 0 Å². The summed E-state index contributed by atoms with van der Waals surface area (Å²) in [5.74, 6) is 2.02. The maximum absolute atomic E-state index is 12.5. The van der Waals surface area contributed by atoms with Crippen LogP contribution in [-0.4, -0.2) is 47.1 Å². The number of nitrogens with zero attached hydrogens (tertiary/aromatic N) is 3. The maximum Gasteiger partial charge on any atom is 0.234 e. The summed E-state index contributed by atoms with van der Waals surface area (Å²) < 4.78 is 17.8. The van der Waals surface area contributed by atoms with Gasteiger partial charge in [0.25, 0.3) is 0 Å². The molecule has 0 aliphatic heterocycles. The molecule has 2 heterocycles. The predicted octanol–water partition coefficient (Wildman–Crippen LogP) is 4.54. The van der Waals surface area contributed by atoms with E-state index in [0.717, 1.165) is 27.5 Å². The molecule has 0 saturated carbocycles. The fourth-order valence-corrected chi connectivity index (χ4v) is 4.06. The van der Waals surface area contributed by atoms with E-state index in [0.29, 0.717) is 23.8 Å². The van der Waals surface area contributed by atoms with E-state index in [9.17, 15) is 4.79 Å². The van der Waals surface area contributed by atoms with Crippen LogP contribution in [-0.2, 0) is 4.79 Å². The first-order valence-corrected chi connectivity index (χ1v) is 11.3. The number of aromatic nitrogens is 3. The van der Waals surface area contributed by atoms with Crippen LogP contribution in [0.25, 0.3) is 16.8 Å². The summed E-state index contributed by atoms with van der Waals surface area (Å²) in [6.07, 6.45) is 3.47. The summed E-state index contributed by atoms with van der Waals surface area (Å²) >= 11 is 1.35.